The molecule has 1 heterocycles. The van der Waals surface area contributed by atoms with Crippen LogP contribution >= 0.6 is 11.3 Å². The van der Waals surface area contributed by atoms with E-state index in [1.807, 2.05) is 0 Å². The van der Waals surface area contributed by atoms with E-state index < -0.39 is 0 Å². The summed E-state index contributed by atoms with van der Waals surface area (Å²) in [6, 6.07) is 0. The molecule has 0 aromatic carbocycles. The Hall–Kier alpha value is -0.410. The van der Waals surface area contributed by atoms with Crippen LogP contribution in [0.1, 0.15) is 37.4 Å². The van der Waals surface area contributed by atoms with Crippen molar-refractivity contribution in [2.45, 2.75) is 45.6 Å². The van der Waals surface area contributed by atoms with Crippen LogP contribution in [-0.2, 0) is 12.8 Å². The van der Waals surface area contributed by atoms with Gasteiger partial charge in [-0.25, -0.2) is 4.98 Å². The molecule has 0 saturated carbocycles. The second-order valence-electron chi connectivity index (χ2n) is 3.23. The highest BCUT2D eigenvalue weighted by Gasteiger charge is 2.07. The second kappa shape index (κ2) is 5.35. The summed E-state index contributed by atoms with van der Waals surface area (Å²) < 4.78 is 0. The molecule has 0 aliphatic heterocycles. The number of aryl methyl sites for hydroxylation is 1. The van der Waals surface area contributed by atoms with E-state index in [0.717, 1.165) is 36.4 Å². The highest BCUT2D eigenvalue weighted by molar-refractivity contribution is 7.09. The number of hydrogen-bond donors (Lipinski definition) is 1. The van der Waals surface area contributed by atoms with Gasteiger partial charge in [0.05, 0.1) is 16.8 Å². The first-order valence-corrected chi connectivity index (χ1v) is 5.75. The first-order chi connectivity index (χ1) is 6.26. The molecular weight excluding hydrogens is 182 g/mol. The van der Waals surface area contributed by atoms with E-state index in [2.05, 4.69) is 24.2 Å². The van der Waals surface area contributed by atoms with Gasteiger partial charge in [0.25, 0.3) is 0 Å². The van der Waals surface area contributed by atoms with Gasteiger partial charge < -0.3 is 5.11 Å². The van der Waals surface area contributed by atoms with Gasteiger partial charge in [-0.15, -0.1) is 11.3 Å². The van der Waals surface area contributed by atoms with E-state index in [1.165, 1.54) is 0 Å². The minimum atomic E-state index is -0.208. The highest BCUT2D eigenvalue weighted by atomic mass is 32.1. The predicted octanol–water partition coefficient (Wildman–Crippen LogP) is 2.41. The van der Waals surface area contributed by atoms with Crippen molar-refractivity contribution in [2.75, 3.05) is 0 Å². The topological polar surface area (TPSA) is 33.1 Å². The molecule has 74 valence electrons. The van der Waals surface area contributed by atoms with Gasteiger partial charge in [-0.2, -0.15) is 0 Å². The van der Waals surface area contributed by atoms with Gasteiger partial charge >= 0.3 is 0 Å². The number of thiazole rings is 1. The Labute approximate surface area is 83.6 Å². The highest BCUT2D eigenvalue weighted by Crippen LogP contribution is 2.13. The lowest BCUT2D eigenvalue weighted by Crippen LogP contribution is -2.09. The van der Waals surface area contributed by atoms with Crippen LogP contribution in [0.5, 0.6) is 0 Å². The monoisotopic (exact) mass is 199 g/mol. The number of aliphatic hydroxyl groups excluding tert-OH is 1. The zero-order valence-corrected chi connectivity index (χ0v) is 9.10. The smallest absolute Gasteiger partial charge is 0.0954 e. The Morgan fingerprint density at radius 3 is 2.85 bits per heavy atom. The van der Waals surface area contributed by atoms with E-state index in [-0.39, 0.29) is 6.10 Å². The van der Waals surface area contributed by atoms with Crippen molar-refractivity contribution in [3.8, 4) is 0 Å². The Balaban J connectivity index is 2.44. The van der Waals surface area contributed by atoms with Gasteiger partial charge in [-0.3, -0.25) is 0 Å². The van der Waals surface area contributed by atoms with Crippen molar-refractivity contribution in [3.63, 3.8) is 0 Å². The third-order valence-corrected chi connectivity index (χ3v) is 2.91. The summed E-state index contributed by atoms with van der Waals surface area (Å²) in [4.78, 5) is 4.41. The molecule has 0 aliphatic rings. The Morgan fingerprint density at radius 1 is 1.54 bits per heavy atom. The van der Waals surface area contributed by atoms with Crippen LogP contribution < -0.4 is 0 Å². The third kappa shape index (κ3) is 3.44. The lowest BCUT2D eigenvalue weighted by atomic mass is 10.1. The number of nitrogens with zero attached hydrogens (tertiary/aromatic N) is 1. The zero-order chi connectivity index (χ0) is 9.68. The molecule has 0 fully saturated rings. The van der Waals surface area contributed by atoms with Gasteiger partial charge in [0.1, 0.15) is 0 Å². The molecule has 1 aromatic heterocycles. The van der Waals surface area contributed by atoms with Gasteiger partial charge in [0.2, 0.25) is 0 Å². The molecule has 3 heteroatoms. The average Bonchev–Trinajstić information content (AvgIpc) is 2.52. The molecule has 1 aromatic rings. The molecule has 0 amide bonds. The maximum atomic E-state index is 9.55. The molecule has 13 heavy (non-hydrogen) atoms. The molecule has 1 atom stereocenters. The predicted molar refractivity (Wildman–Crippen MR) is 56.1 cm³/mol. The van der Waals surface area contributed by atoms with Crippen molar-refractivity contribution in [1.29, 1.82) is 0 Å². The van der Waals surface area contributed by atoms with Gasteiger partial charge in [0, 0.05) is 11.8 Å². The lowest BCUT2D eigenvalue weighted by molar-refractivity contribution is 0.164. The quantitative estimate of drug-likeness (QED) is 0.790. The average molecular weight is 199 g/mol. The van der Waals surface area contributed by atoms with E-state index in [9.17, 15) is 5.11 Å². The molecular formula is C10H17NOS. The number of aromatic nitrogens is 1. The molecule has 2 nitrogen and oxygen atoms in total. The molecule has 0 aliphatic carbocycles. The van der Waals surface area contributed by atoms with Crippen LogP contribution in [0, 0.1) is 0 Å². The fourth-order valence-corrected chi connectivity index (χ4v) is 2.19. The minimum Gasteiger partial charge on any atom is -0.393 e. The maximum Gasteiger partial charge on any atom is 0.0954 e. The summed E-state index contributed by atoms with van der Waals surface area (Å²) in [5.74, 6) is 0. The van der Waals surface area contributed by atoms with Gasteiger partial charge in [-0.05, 0) is 12.8 Å². The Kier molecular flexibility index (Phi) is 4.39. The molecule has 1 rings (SSSR count). The summed E-state index contributed by atoms with van der Waals surface area (Å²) in [6.07, 6.45) is 3.41. The molecule has 1 unspecified atom stereocenters. The first kappa shape index (κ1) is 10.7. The van der Waals surface area contributed by atoms with Crippen LogP contribution in [0.4, 0.5) is 0 Å². The van der Waals surface area contributed by atoms with E-state index >= 15 is 0 Å². The number of aliphatic hydroxyl groups is 1. The molecule has 0 radical (unpaired) electrons. The summed E-state index contributed by atoms with van der Waals surface area (Å²) in [6.45, 7) is 4.18. The molecule has 1 N–H and O–H groups in total. The van der Waals surface area contributed by atoms with Crippen LogP contribution in [0.15, 0.2) is 5.38 Å². The Morgan fingerprint density at radius 2 is 2.31 bits per heavy atom. The van der Waals surface area contributed by atoms with Gasteiger partial charge in [-0.1, -0.05) is 20.3 Å². The van der Waals surface area contributed by atoms with Crippen LogP contribution in [0.3, 0.4) is 0 Å². The summed E-state index contributed by atoms with van der Waals surface area (Å²) in [5, 5.41) is 12.7. The maximum absolute atomic E-state index is 9.55. The first-order valence-electron chi connectivity index (χ1n) is 4.87. The largest absolute Gasteiger partial charge is 0.393 e. The van der Waals surface area contributed by atoms with E-state index in [4.69, 9.17) is 0 Å². The Bertz CT molecular complexity index is 247. The fraction of sp³-hybridized carbons (Fsp3) is 0.700. The molecule has 0 bridgehead atoms. The van der Waals surface area contributed by atoms with Crippen LogP contribution in [0.25, 0.3) is 0 Å². The van der Waals surface area contributed by atoms with E-state index in [1.54, 1.807) is 11.3 Å². The standard InChI is InChI=1S/C10H17NOS/c1-3-5-9(12)6-10-11-8(4-2)7-13-10/h7,9,12H,3-6H2,1-2H3. The zero-order valence-electron chi connectivity index (χ0n) is 8.29. The van der Waals surface area contributed by atoms with E-state index in [0.29, 0.717) is 0 Å². The summed E-state index contributed by atoms with van der Waals surface area (Å²) in [7, 11) is 0. The molecule has 0 saturated heterocycles. The molecule has 0 spiro atoms. The number of hydrogen-bond acceptors (Lipinski definition) is 3. The van der Waals surface area contributed by atoms with Gasteiger partial charge in [0.15, 0.2) is 0 Å². The summed E-state index contributed by atoms with van der Waals surface area (Å²) >= 11 is 1.66. The fourth-order valence-electron chi connectivity index (χ4n) is 1.24. The van der Waals surface area contributed by atoms with Crippen molar-refractivity contribution < 1.29 is 5.11 Å². The van der Waals surface area contributed by atoms with Crippen molar-refractivity contribution in [1.82, 2.24) is 4.98 Å². The van der Waals surface area contributed by atoms with Crippen molar-refractivity contribution in [3.05, 3.63) is 16.1 Å². The SMILES string of the molecule is CCCC(O)Cc1nc(CC)cs1. The second-order valence-corrected chi connectivity index (χ2v) is 4.18. The lowest BCUT2D eigenvalue weighted by Gasteiger charge is -2.05. The van der Waals surface area contributed by atoms with Crippen molar-refractivity contribution in [2.24, 2.45) is 0 Å². The summed E-state index contributed by atoms with van der Waals surface area (Å²) in [5.41, 5.74) is 1.14. The normalized spacial score (nSPS) is 13.2. The van der Waals surface area contributed by atoms with Crippen molar-refractivity contribution >= 4 is 11.3 Å². The third-order valence-electron chi connectivity index (χ3n) is 1.99. The minimum absolute atomic E-state index is 0.208. The van der Waals surface area contributed by atoms with Crippen LogP contribution in [0.2, 0.25) is 0 Å². The van der Waals surface area contributed by atoms with Crippen LogP contribution in [-0.4, -0.2) is 16.2 Å². The number of rotatable bonds is 5.